The highest BCUT2D eigenvalue weighted by Crippen LogP contribution is 2.13. The molecule has 2 amide bonds. The monoisotopic (exact) mass is 383 g/mol. The van der Waals surface area contributed by atoms with Gasteiger partial charge in [0.25, 0.3) is 11.8 Å². The number of halogens is 1. The van der Waals surface area contributed by atoms with Gasteiger partial charge in [-0.05, 0) is 6.92 Å². The van der Waals surface area contributed by atoms with Gasteiger partial charge in [0.05, 0.1) is 22.8 Å². The first-order valence-electron chi connectivity index (χ1n) is 6.04. The first kappa shape index (κ1) is 17.8. The lowest BCUT2D eigenvalue weighted by molar-refractivity contribution is -0.197. The van der Waals surface area contributed by atoms with Crippen LogP contribution >= 0.6 is 15.9 Å². The van der Waals surface area contributed by atoms with E-state index in [0.717, 1.165) is 0 Å². The summed E-state index contributed by atoms with van der Waals surface area (Å²) in [7, 11) is -3.64. The molecule has 0 radical (unpaired) electrons. The van der Waals surface area contributed by atoms with Crippen LogP contribution in [-0.4, -0.2) is 53.4 Å². The van der Waals surface area contributed by atoms with Gasteiger partial charge in [0.2, 0.25) is 0 Å². The summed E-state index contributed by atoms with van der Waals surface area (Å²) in [4.78, 5) is 48.5. The van der Waals surface area contributed by atoms with Gasteiger partial charge in [-0.25, -0.2) is 13.2 Å². The van der Waals surface area contributed by atoms with Crippen LogP contribution in [-0.2, 0) is 33.9 Å². The predicted molar refractivity (Wildman–Crippen MR) is 73.8 cm³/mol. The van der Waals surface area contributed by atoms with Crippen molar-refractivity contribution in [3.63, 3.8) is 0 Å². The van der Waals surface area contributed by atoms with Crippen LogP contribution in [0, 0.1) is 0 Å². The van der Waals surface area contributed by atoms with Gasteiger partial charge in [-0.15, -0.1) is 5.06 Å². The van der Waals surface area contributed by atoms with Crippen LogP contribution in [0.3, 0.4) is 0 Å². The molecule has 1 atom stereocenters. The maximum absolute atomic E-state index is 11.7. The molecule has 0 aromatic rings. The molecule has 21 heavy (non-hydrogen) atoms. The van der Waals surface area contributed by atoms with Crippen LogP contribution < -0.4 is 0 Å². The summed E-state index contributed by atoms with van der Waals surface area (Å²) in [5, 5.41) is 0.359. The van der Waals surface area contributed by atoms with Crippen LogP contribution in [0.1, 0.15) is 26.2 Å². The third kappa shape index (κ3) is 5.54. The third-order valence-corrected chi connectivity index (χ3v) is 5.72. The Morgan fingerprint density at radius 3 is 2.29 bits per heavy atom. The lowest BCUT2D eigenvalue weighted by atomic mass is 10.3. The van der Waals surface area contributed by atoms with Gasteiger partial charge in [-0.2, -0.15) is 0 Å². The van der Waals surface area contributed by atoms with Crippen molar-refractivity contribution < 1.29 is 32.4 Å². The number of hydrogen-bond acceptors (Lipinski definition) is 7. The molecule has 0 spiro atoms. The molecule has 118 valence electrons. The number of alkyl halides is 1. The summed E-state index contributed by atoms with van der Waals surface area (Å²) >= 11 is 2.93. The van der Waals surface area contributed by atoms with Crippen molar-refractivity contribution in [3.05, 3.63) is 0 Å². The average molecular weight is 384 g/mol. The molecule has 0 aromatic carbocycles. The highest BCUT2D eigenvalue weighted by atomic mass is 79.9. The fourth-order valence-electron chi connectivity index (χ4n) is 1.47. The minimum Gasteiger partial charge on any atom is -0.330 e. The number of sulfone groups is 1. The second-order valence-corrected chi connectivity index (χ2v) is 7.82. The fourth-order valence-corrected chi connectivity index (χ4v) is 4.00. The number of nitrogens with zero attached hydrogens (tertiary/aromatic N) is 1. The fraction of sp³-hybridized carbons (Fsp3) is 0.636. The Balaban J connectivity index is 2.47. The highest BCUT2D eigenvalue weighted by molar-refractivity contribution is 9.10. The third-order valence-electron chi connectivity index (χ3n) is 2.66. The van der Waals surface area contributed by atoms with Crippen LogP contribution in [0.25, 0.3) is 0 Å². The molecule has 0 N–H and O–H groups in total. The topological polar surface area (TPSA) is 115 Å². The molecule has 0 bridgehead atoms. The number of ketones is 1. The number of carbonyl (C=O) groups excluding carboxylic acids is 4. The van der Waals surface area contributed by atoms with E-state index in [1.165, 1.54) is 6.92 Å². The Morgan fingerprint density at radius 2 is 1.81 bits per heavy atom. The summed E-state index contributed by atoms with van der Waals surface area (Å²) in [6, 6.07) is 0. The van der Waals surface area contributed by atoms with Crippen molar-refractivity contribution in [1.82, 2.24) is 5.06 Å². The lowest BCUT2D eigenvalue weighted by Crippen LogP contribution is -2.33. The van der Waals surface area contributed by atoms with E-state index in [-0.39, 0.29) is 18.6 Å². The molecule has 1 heterocycles. The number of hydroxylamine groups is 2. The van der Waals surface area contributed by atoms with E-state index in [4.69, 9.17) is 0 Å². The standard InChI is InChI=1S/C11H14BrNO7S/c1-7(14)8(12)6-21(18,19)5-4-11(17)20-13-9(15)2-3-10(13)16/h8H,2-6H2,1H3. The van der Waals surface area contributed by atoms with Gasteiger partial charge in [0, 0.05) is 12.8 Å². The Kier molecular flexibility index (Phi) is 6.02. The molecule has 0 aliphatic carbocycles. The summed E-state index contributed by atoms with van der Waals surface area (Å²) in [5.41, 5.74) is 0. The van der Waals surface area contributed by atoms with E-state index in [9.17, 15) is 27.6 Å². The number of rotatable bonds is 7. The first-order valence-corrected chi connectivity index (χ1v) is 8.77. The van der Waals surface area contributed by atoms with Gasteiger partial charge in [0.1, 0.15) is 5.78 Å². The van der Waals surface area contributed by atoms with Crippen LogP contribution in [0.4, 0.5) is 0 Å². The van der Waals surface area contributed by atoms with E-state index < -0.39 is 50.4 Å². The van der Waals surface area contributed by atoms with Crippen LogP contribution in [0.2, 0.25) is 0 Å². The van der Waals surface area contributed by atoms with Crippen molar-refractivity contribution in [1.29, 1.82) is 0 Å². The number of amides is 2. The molecule has 0 aromatic heterocycles. The van der Waals surface area contributed by atoms with Crippen LogP contribution in [0.5, 0.6) is 0 Å². The predicted octanol–water partition coefficient (Wildman–Crippen LogP) is -0.249. The molecule has 1 aliphatic rings. The number of Topliss-reactive ketones (excluding diaryl/α,β-unsaturated/α-hetero) is 1. The lowest BCUT2D eigenvalue weighted by Gasteiger charge is -2.12. The molecule has 1 unspecified atom stereocenters. The van der Waals surface area contributed by atoms with Crippen LogP contribution in [0.15, 0.2) is 0 Å². The molecular formula is C11H14BrNO7S. The number of hydrogen-bond donors (Lipinski definition) is 0. The minimum absolute atomic E-state index is 0.0334. The zero-order chi connectivity index (χ0) is 16.2. The van der Waals surface area contributed by atoms with E-state index in [1.807, 2.05) is 0 Å². The molecule has 0 saturated carbocycles. The van der Waals surface area contributed by atoms with E-state index in [2.05, 4.69) is 20.8 Å². The van der Waals surface area contributed by atoms with Crippen molar-refractivity contribution in [2.24, 2.45) is 0 Å². The summed E-state index contributed by atoms with van der Waals surface area (Å²) in [6.45, 7) is 1.24. The Bertz CT molecular complexity index is 555. The summed E-state index contributed by atoms with van der Waals surface area (Å²) in [5.74, 6) is -3.55. The molecule has 10 heteroatoms. The molecule has 8 nitrogen and oxygen atoms in total. The summed E-state index contributed by atoms with van der Waals surface area (Å²) < 4.78 is 23.4. The van der Waals surface area contributed by atoms with Crippen molar-refractivity contribution in [2.75, 3.05) is 11.5 Å². The van der Waals surface area contributed by atoms with Gasteiger partial charge in [-0.1, -0.05) is 15.9 Å². The van der Waals surface area contributed by atoms with E-state index in [0.29, 0.717) is 5.06 Å². The van der Waals surface area contributed by atoms with Crippen molar-refractivity contribution >= 4 is 49.3 Å². The van der Waals surface area contributed by atoms with Gasteiger partial charge >= 0.3 is 5.97 Å². The largest absolute Gasteiger partial charge is 0.334 e. The molecule has 1 saturated heterocycles. The van der Waals surface area contributed by atoms with Crippen molar-refractivity contribution in [2.45, 2.75) is 31.0 Å². The van der Waals surface area contributed by atoms with E-state index >= 15 is 0 Å². The Labute approximate surface area is 129 Å². The number of imide groups is 1. The second kappa shape index (κ2) is 7.12. The normalized spacial score (nSPS) is 17.0. The SMILES string of the molecule is CC(=O)C(Br)CS(=O)(=O)CCC(=O)ON1C(=O)CCC1=O. The van der Waals surface area contributed by atoms with Gasteiger partial charge in [0.15, 0.2) is 9.84 Å². The number of carbonyl (C=O) groups is 4. The molecule has 1 fully saturated rings. The highest BCUT2D eigenvalue weighted by Gasteiger charge is 2.33. The Hall–Kier alpha value is -1.29. The maximum Gasteiger partial charge on any atom is 0.334 e. The molecule has 1 aliphatic heterocycles. The zero-order valence-electron chi connectivity index (χ0n) is 11.2. The quantitative estimate of drug-likeness (QED) is 0.439. The molecule has 1 rings (SSSR count). The zero-order valence-corrected chi connectivity index (χ0v) is 13.6. The molecular weight excluding hydrogens is 370 g/mol. The first-order chi connectivity index (χ1) is 9.62. The van der Waals surface area contributed by atoms with Crippen molar-refractivity contribution in [3.8, 4) is 0 Å². The Morgan fingerprint density at radius 1 is 1.29 bits per heavy atom. The second-order valence-electron chi connectivity index (χ2n) is 4.49. The smallest absolute Gasteiger partial charge is 0.330 e. The average Bonchev–Trinajstić information content (AvgIpc) is 2.68. The minimum atomic E-state index is -3.64. The summed E-state index contributed by atoms with van der Waals surface area (Å²) in [6.07, 6.45) is -0.570. The van der Waals surface area contributed by atoms with E-state index in [1.54, 1.807) is 0 Å². The van der Waals surface area contributed by atoms with Gasteiger partial charge in [-0.3, -0.25) is 14.4 Å². The maximum atomic E-state index is 11.7. The van der Waals surface area contributed by atoms with Gasteiger partial charge < -0.3 is 4.84 Å².